The summed E-state index contributed by atoms with van der Waals surface area (Å²) in [5, 5.41) is 6.40. The van der Waals surface area contributed by atoms with Gasteiger partial charge in [0.05, 0.1) is 38.4 Å². The summed E-state index contributed by atoms with van der Waals surface area (Å²) in [4.78, 5) is 31.7. The van der Waals surface area contributed by atoms with Crippen molar-refractivity contribution >= 4 is 17.5 Å². The standard InChI is InChI=1S/C21H31N5O3/c1-24(2)13-15-14-26(17-6-4-3-5-16(15)17)21(28)11-18-22-19(12-20(27)23-18)25-7-9-29-10-8-25/h3-6,15,18-19,22H,7-14H2,1-2H3,(H,23,27)/t15-,18?,19?/m0/s1. The zero-order chi connectivity index (χ0) is 20.4. The summed E-state index contributed by atoms with van der Waals surface area (Å²) in [5.41, 5.74) is 2.22. The highest BCUT2D eigenvalue weighted by molar-refractivity contribution is 5.96. The summed E-state index contributed by atoms with van der Waals surface area (Å²) in [6.45, 7) is 4.55. The zero-order valence-electron chi connectivity index (χ0n) is 17.3. The number of para-hydroxylation sites is 1. The van der Waals surface area contributed by atoms with E-state index >= 15 is 0 Å². The van der Waals surface area contributed by atoms with Crippen molar-refractivity contribution in [3.05, 3.63) is 29.8 Å². The molecule has 0 aliphatic carbocycles. The molecule has 3 atom stereocenters. The highest BCUT2D eigenvalue weighted by Gasteiger charge is 2.36. The molecule has 3 heterocycles. The van der Waals surface area contributed by atoms with E-state index in [0.29, 0.717) is 32.1 Å². The van der Waals surface area contributed by atoms with E-state index in [9.17, 15) is 9.59 Å². The van der Waals surface area contributed by atoms with Crippen LogP contribution < -0.4 is 15.5 Å². The fourth-order valence-corrected chi connectivity index (χ4v) is 4.61. The van der Waals surface area contributed by atoms with Crippen LogP contribution in [-0.2, 0) is 14.3 Å². The van der Waals surface area contributed by atoms with E-state index in [2.05, 4.69) is 40.6 Å². The van der Waals surface area contributed by atoms with Crippen molar-refractivity contribution < 1.29 is 14.3 Å². The Hall–Kier alpha value is -2.00. The molecule has 0 aromatic heterocycles. The number of rotatable bonds is 5. The lowest BCUT2D eigenvalue weighted by Crippen LogP contribution is -2.63. The van der Waals surface area contributed by atoms with E-state index in [4.69, 9.17) is 4.74 Å². The number of morpholine rings is 1. The third-order valence-corrected chi connectivity index (χ3v) is 5.93. The van der Waals surface area contributed by atoms with Gasteiger partial charge in [0, 0.05) is 37.8 Å². The predicted molar refractivity (Wildman–Crippen MR) is 111 cm³/mol. The average molecular weight is 402 g/mol. The van der Waals surface area contributed by atoms with Crippen LogP contribution in [0.15, 0.2) is 24.3 Å². The number of benzene rings is 1. The van der Waals surface area contributed by atoms with Gasteiger partial charge in [0.2, 0.25) is 11.8 Å². The fourth-order valence-electron chi connectivity index (χ4n) is 4.61. The molecule has 2 amide bonds. The molecule has 3 aliphatic rings. The van der Waals surface area contributed by atoms with Gasteiger partial charge in [-0.1, -0.05) is 18.2 Å². The first-order valence-corrected chi connectivity index (χ1v) is 10.4. The van der Waals surface area contributed by atoms with Crippen molar-refractivity contribution in [2.45, 2.75) is 31.1 Å². The minimum absolute atomic E-state index is 0.00894. The number of ether oxygens (including phenoxy) is 1. The maximum absolute atomic E-state index is 13.2. The molecule has 158 valence electrons. The Kier molecular flexibility index (Phi) is 6.15. The molecule has 8 heteroatoms. The molecule has 2 N–H and O–H groups in total. The first-order valence-electron chi connectivity index (χ1n) is 10.4. The van der Waals surface area contributed by atoms with Gasteiger partial charge in [0.25, 0.3) is 0 Å². The molecule has 0 spiro atoms. The monoisotopic (exact) mass is 401 g/mol. The minimum atomic E-state index is -0.350. The van der Waals surface area contributed by atoms with Gasteiger partial charge in [-0.3, -0.25) is 19.8 Å². The molecule has 1 aromatic carbocycles. The zero-order valence-corrected chi connectivity index (χ0v) is 17.3. The van der Waals surface area contributed by atoms with Gasteiger partial charge in [0.15, 0.2) is 0 Å². The molecule has 2 saturated heterocycles. The van der Waals surface area contributed by atoms with Crippen LogP contribution in [0.3, 0.4) is 0 Å². The second-order valence-corrected chi connectivity index (χ2v) is 8.38. The lowest BCUT2D eigenvalue weighted by Gasteiger charge is -2.40. The average Bonchev–Trinajstić information content (AvgIpc) is 3.06. The summed E-state index contributed by atoms with van der Waals surface area (Å²) < 4.78 is 5.41. The van der Waals surface area contributed by atoms with E-state index in [-0.39, 0.29) is 30.6 Å². The first-order chi connectivity index (χ1) is 14.0. The quantitative estimate of drug-likeness (QED) is 0.732. The molecule has 2 fully saturated rings. The van der Waals surface area contributed by atoms with Crippen molar-refractivity contribution in [3.63, 3.8) is 0 Å². The van der Waals surface area contributed by atoms with Crippen molar-refractivity contribution in [2.24, 2.45) is 0 Å². The van der Waals surface area contributed by atoms with Crippen LogP contribution in [0.5, 0.6) is 0 Å². The highest BCUT2D eigenvalue weighted by Crippen LogP contribution is 2.36. The summed E-state index contributed by atoms with van der Waals surface area (Å²) in [6, 6.07) is 8.15. The minimum Gasteiger partial charge on any atom is -0.379 e. The Morgan fingerprint density at radius 3 is 2.76 bits per heavy atom. The number of fused-ring (bicyclic) bond motifs is 1. The topological polar surface area (TPSA) is 77.2 Å². The summed E-state index contributed by atoms with van der Waals surface area (Å²) in [7, 11) is 4.11. The van der Waals surface area contributed by atoms with Crippen LogP contribution in [-0.4, -0.2) is 87.4 Å². The number of nitrogens with one attached hydrogen (secondary N) is 2. The molecule has 0 bridgehead atoms. The number of hydrogen-bond donors (Lipinski definition) is 2. The summed E-state index contributed by atoms with van der Waals surface area (Å²) >= 11 is 0. The maximum Gasteiger partial charge on any atom is 0.230 e. The molecule has 1 aromatic rings. The Bertz CT molecular complexity index is 750. The second kappa shape index (κ2) is 8.79. The number of hydrogen-bond acceptors (Lipinski definition) is 6. The Balaban J connectivity index is 1.42. The third-order valence-electron chi connectivity index (χ3n) is 5.93. The smallest absolute Gasteiger partial charge is 0.230 e. The Morgan fingerprint density at radius 2 is 2.00 bits per heavy atom. The van der Waals surface area contributed by atoms with Gasteiger partial charge < -0.3 is 19.9 Å². The van der Waals surface area contributed by atoms with Gasteiger partial charge >= 0.3 is 0 Å². The van der Waals surface area contributed by atoms with Gasteiger partial charge in [-0.15, -0.1) is 0 Å². The van der Waals surface area contributed by atoms with Crippen LogP contribution >= 0.6 is 0 Å². The van der Waals surface area contributed by atoms with Gasteiger partial charge in [-0.2, -0.15) is 0 Å². The summed E-state index contributed by atoms with van der Waals surface area (Å²) in [6.07, 6.45) is 0.257. The maximum atomic E-state index is 13.2. The number of carbonyl (C=O) groups is 2. The van der Waals surface area contributed by atoms with Crippen LogP contribution in [0.2, 0.25) is 0 Å². The molecule has 8 nitrogen and oxygen atoms in total. The van der Waals surface area contributed by atoms with Gasteiger partial charge in [0.1, 0.15) is 0 Å². The van der Waals surface area contributed by atoms with Crippen LogP contribution in [0.1, 0.15) is 24.3 Å². The van der Waals surface area contributed by atoms with E-state index in [1.165, 1.54) is 5.56 Å². The highest BCUT2D eigenvalue weighted by atomic mass is 16.5. The molecular weight excluding hydrogens is 370 g/mol. The fraction of sp³-hybridized carbons (Fsp3) is 0.619. The van der Waals surface area contributed by atoms with E-state index in [1.54, 1.807) is 0 Å². The third kappa shape index (κ3) is 4.61. The molecule has 3 aliphatic heterocycles. The second-order valence-electron chi connectivity index (χ2n) is 8.38. The van der Waals surface area contributed by atoms with Crippen LogP contribution in [0.25, 0.3) is 0 Å². The Morgan fingerprint density at radius 1 is 1.24 bits per heavy atom. The molecule has 0 saturated carbocycles. The predicted octanol–water partition coefficient (Wildman–Crippen LogP) is 0.162. The number of anilines is 1. The van der Waals surface area contributed by atoms with E-state index in [0.717, 1.165) is 25.3 Å². The molecule has 2 unspecified atom stereocenters. The van der Waals surface area contributed by atoms with E-state index in [1.807, 2.05) is 23.1 Å². The number of amides is 2. The van der Waals surface area contributed by atoms with E-state index < -0.39 is 0 Å². The lowest BCUT2D eigenvalue weighted by molar-refractivity contribution is -0.128. The number of carbonyl (C=O) groups excluding carboxylic acids is 2. The van der Waals surface area contributed by atoms with Gasteiger partial charge in [-0.05, 0) is 25.7 Å². The van der Waals surface area contributed by atoms with Crippen molar-refractivity contribution in [3.8, 4) is 0 Å². The first kappa shape index (κ1) is 20.3. The molecule has 0 radical (unpaired) electrons. The Labute approximate surface area is 172 Å². The largest absolute Gasteiger partial charge is 0.379 e. The molecule has 29 heavy (non-hydrogen) atoms. The van der Waals surface area contributed by atoms with Crippen LogP contribution in [0, 0.1) is 0 Å². The van der Waals surface area contributed by atoms with Crippen molar-refractivity contribution in [1.82, 2.24) is 20.4 Å². The normalized spacial score (nSPS) is 27.8. The van der Waals surface area contributed by atoms with Crippen LogP contribution in [0.4, 0.5) is 5.69 Å². The van der Waals surface area contributed by atoms with Crippen molar-refractivity contribution in [2.75, 3.05) is 58.4 Å². The molecular formula is C21H31N5O3. The lowest BCUT2D eigenvalue weighted by atomic mass is 10.0. The number of nitrogens with zero attached hydrogens (tertiary/aromatic N) is 3. The van der Waals surface area contributed by atoms with Crippen molar-refractivity contribution in [1.29, 1.82) is 0 Å². The summed E-state index contributed by atoms with van der Waals surface area (Å²) in [5.74, 6) is 0.338. The SMILES string of the molecule is CN(C)C[C@H]1CN(C(=O)CC2NC(=O)CC(N3CCOCC3)N2)c2ccccc21. The number of likely N-dealkylation sites (N-methyl/N-ethyl adjacent to an activating group) is 1. The van der Waals surface area contributed by atoms with Gasteiger partial charge in [-0.25, -0.2) is 0 Å². The molecule has 4 rings (SSSR count).